The van der Waals surface area contributed by atoms with Crippen LogP contribution in [0.3, 0.4) is 0 Å². The lowest BCUT2D eigenvalue weighted by Gasteiger charge is -2.21. The molecule has 0 aromatic rings. The molecule has 5 unspecified atom stereocenters. The fraction of sp³-hybridized carbons (Fsp3) is 0.609. The van der Waals surface area contributed by atoms with E-state index in [2.05, 4.69) is 186 Å². The first-order chi connectivity index (χ1) is 51.7. The molecular formula is C87H140O17P2. The summed E-state index contributed by atoms with van der Waals surface area (Å²) in [5.41, 5.74) is 0. The zero-order chi connectivity index (χ0) is 77.4. The Morgan fingerprint density at radius 2 is 0.528 bits per heavy atom. The summed E-state index contributed by atoms with van der Waals surface area (Å²) in [6.07, 6.45) is 93.3. The number of carbonyl (C=O) groups excluding carboxylic acids is 4. The van der Waals surface area contributed by atoms with Crippen molar-refractivity contribution in [3.8, 4) is 0 Å². The van der Waals surface area contributed by atoms with Gasteiger partial charge in [0.2, 0.25) is 0 Å². The standard InChI is InChI=1S/C87H140O17P2/c1-5-9-13-17-21-25-29-33-37-39-40-42-45-48-52-56-60-64-68-72-85(90)98-78-83(104-87(92)74-70-66-62-58-54-50-46-41-38-34-30-26-22-18-14-10-6-2)80-102-106(95,96)100-76-81(88)75-99-105(93,94)101-79-82(103-86(91)73-69-65-61-57-53-49-44-36-32-28-24-20-16-12-8-4)77-97-84(89)71-67-63-59-55-51-47-43-35-31-27-23-19-15-11-7-3/h10-12,14-16,21-28,33-38,40,42-44,46,50-51,55,63,67,81-83,88H,5-9,13,17-20,29-32,39,41,45,47-49,52-54,56-62,64-66,68-80H2,1-4H3,(H,93,94)(H,95,96)/b14-10-,15-11-,16-12-,25-21-,26-22-,27-23-,28-24-,37-33-,38-34-,42-40-,43-35-,44-36-,50-46-,55-51-,67-63-. The first-order valence-corrected chi connectivity index (χ1v) is 43.0. The zero-order valence-corrected chi connectivity index (χ0v) is 67.3. The van der Waals surface area contributed by atoms with Crippen LogP contribution in [0.15, 0.2) is 182 Å². The molecular weight excluding hydrogens is 1380 g/mol. The lowest BCUT2D eigenvalue weighted by Crippen LogP contribution is -2.30. The molecule has 0 bridgehead atoms. The predicted molar refractivity (Wildman–Crippen MR) is 436 cm³/mol. The van der Waals surface area contributed by atoms with Crippen molar-refractivity contribution in [3.63, 3.8) is 0 Å². The van der Waals surface area contributed by atoms with Gasteiger partial charge in [0.15, 0.2) is 12.2 Å². The average Bonchev–Trinajstić information content (AvgIpc) is 0.899. The summed E-state index contributed by atoms with van der Waals surface area (Å²) >= 11 is 0. The second-order valence-corrected chi connectivity index (χ2v) is 28.8. The van der Waals surface area contributed by atoms with Crippen molar-refractivity contribution >= 4 is 39.5 Å². The SMILES string of the molecule is CC/C=C\C/C=C\C/C=C\C/C=C\C/C=C\CC(=O)OCC(COP(=O)(O)OCC(O)COP(=O)(O)OCC(COC(=O)CCCCCCCC/C=C\C/C=C\C/C=C\CCCCC)OC(=O)CCCCCC/C=C\C/C=C\C/C=C\C/C=C\CC)OC(=O)CCCCCCC/C=C\C/C=C\C/C=C\CC. The highest BCUT2D eigenvalue weighted by Crippen LogP contribution is 2.45. The van der Waals surface area contributed by atoms with E-state index in [0.717, 1.165) is 186 Å². The first-order valence-electron chi connectivity index (χ1n) is 40.0. The molecule has 17 nitrogen and oxygen atoms in total. The number of allylic oxidation sites excluding steroid dienone is 29. The minimum atomic E-state index is -5.01. The molecule has 0 radical (unpaired) electrons. The number of phosphoric acid groups is 2. The number of unbranched alkanes of at least 4 members (excludes halogenated alkanes) is 18. The van der Waals surface area contributed by atoms with Crippen molar-refractivity contribution < 1.29 is 80.2 Å². The smallest absolute Gasteiger partial charge is 0.462 e. The third kappa shape index (κ3) is 76.4. The molecule has 0 heterocycles. The summed E-state index contributed by atoms with van der Waals surface area (Å²) in [5.74, 6) is -2.40. The summed E-state index contributed by atoms with van der Waals surface area (Å²) < 4.78 is 68.5. The summed E-state index contributed by atoms with van der Waals surface area (Å²) in [6, 6.07) is 0. The molecule has 19 heteroatoms. The fourth-order valence-corrected chi connectivity index (χ4v) is 11.5. The van der Waals surface area contributed by atoms with E-state index in [9.17, 15) is 43.2 Å². The van der Waals surface area contributed by atoms with Crippen LogP contribution < -0.4 is 0 Å². The minimum Gasteiger partial charge on any atom is -0.462 e. The third-order valence-corrected chi connectivity index (χ3v) is 17.8. The third-order valence-electron chi connectivity index (χ3n) is 15.9. The number of rotatable bonds is 73. The van der Waals surface area contributed by atoms with Gasteiger partial charge in [-0.05, 0) is 161 Å². The topological polar surface area (TPSA) is 237 Å². The van der Waals surface area contributed by atoms with Crippen LogP contribution >= 0.6 is 15.6 Å². The lowest BCUT2D eigenvalue weighted by molar-refractivity contribution is -0.161. The van der Waals surface area contributed by atoms with Gasteiger partial charge in [0, 0.05) is 19.3 Å². The molecule has 3 N–H and O–H groups in total. The number of hydrogen-bond donors (Lipinski definition) is 3. The van der Waals surface area contributed by atoms with E-state index >= 15 is 0 Å². The lowest BCUT2D eigenvalue weighted by atomic mass is 10.1. The van der Waals surface area contributed by atoms with Crippen molar-refractivity contribution in [2.24, 2.45) is 0 Å². The Morgan fingerprint density at radius 1 is 0.283 bits per heavy atom. The Balaban J connectivity index is 5.49. The summed E-state index contributed by atoms with van der Waals surface area (Å²) in [4.78, 5) is 73.0. The average molecular weight is 1520 g/mol. The molecule has 600 valence electrons. The second kappa shape index (κ2) is 77.3. The molecule has 0 aliphatic heterocycles. The molecule has 0 amide bonds. The molecule has 106 heavy (non-hydrogen) atoms. The van der Waals surface area contributed by atoms with Crippen LogP contribution in [0.2, 0.25) is 0 Å². The summed E-state index contributed by atoms with van der Waals surface area (Å²) in [6.45, 7) is 4.31. The van der Waals surface area contributed by atoms with Crippen molar-refractivity contribution in [3.05, 3.63) is 182 Å². The predicted octanol–water partition coefficient (Wildman–Crippen LogP) is 23.6. The Bertz CT molecular complexity index is 2730. The van der Waals surface area contributed by atoms with E-state index < -0.39 is 97.5 Å². The van der Waals surface area contributed by atoms with Crippen molar-refractivity contribution in [2.75, 3.05) is 39.6 Å². The number of aliphatic hydroxyl groups excluding tert-OH is 1. The van der Waals surface area contributed by atoms with Crippen LogP contribution in [0.1, 0.15) is 285 Å². The van der Waals surface area contributed by atoms with Gasteiger partial charge in [-0.15, -0.1) is 0 Å². The van der Waals surface area contributed by atoms with Gasteiger partial charge in [-0.1, -0.05) is 281 Å². The van der Waals surface area contributed by atoms with E-state index in [1.165, 1.54) is 19.3 Å². The molecule has 0 saturated heterocycles. The Kier molecular flexibility index (Phi) is 73.1. The van der Waals surface area contributed by atoms with E-state index in [1.54, 1.807) is 6.08 Å². The molecule has 0 aromatic heterocycles. The van der Waals surface area contributed by atoms with Crippen molar-refractivity contribution in [1.82, 2.24) is 0 Å². The summed E-state index contributed by atoms with van der Waals surface area (Å²) in [7, 11) is -10.0. The number of carbonyl (C=O) groups is 4. The maximum absolute atomic E-state index is 13.1. The van der Waals surface area contributed by atoms with Crippen molar-refractivity contribution in [2.45, 2.75) is 303 Å². The largest absolute Gasteiger partial charge is 0.472 e. The van der Waals surface area contributed by atoms with Crippen LogP contribution in [-0.2, 0) is 65.4 Å². The number of esters is 4. The van der Waals surface area contributed by atoms with Crippen LogP contribution in [0.25, 0.3) is 0 Å². The fourth-order valence-electron chi connectivity index (χ4n) is 9.89. The normalized spacial score (nSPS) is 14.8. The van der Waals surface area contributed by atoms with Gasteiger partial charge in [-0.25, -0.2) is 9.13 Å². The molecule has 0 aliphatic rings. The molecule has 0 aromatic carbocycles. The number of aliphatic hydroxyl groups is 1. The maximum Gasteiger partial charge on any atom is 0.472 e. The minimum absolute atomic E-state index is 0.0485. The molecule has 0 fully saturated rings. The monoisotopic (exact) mass is 1520 g/mol. The van der Waals surface area contributed by atoms with Crippen LogP contribution in [-0.4, -0.2) is 96.7 Å². The molecule has 0 spiro atoms. The Morgan fingerprint density at radius 3 is 0.840 bits per heavy atom. The van der Waals surface area contributed by atoms with Gasteiger partial charge in [-0.2, -0.15) is 0 Å². The highest BCUT2D eigenvalue weighted by molar-refractivity contribution is 7.47. The van der Waals surface area contributed by atoms with Crippen LogP contribution in [0.4, 0.5) is 0 Å². The van der Waals surface area contributed by atoms with Gasteiger partial charge < -0.3 is 33.8 Å². The quantitative estimate of drug-likeness (QED) is 0.0169. The van der Waals surface area contributed by atoms with Gasteiger partial charge in [0.25, 0.3) is 0 Å². The van der Waals surface area contributed by atoms with Gasteiger partial charge in [-0.3, -0.25) is 37.3 Å². The summed E-state index contributed by atoms with van der Waals surface area (Å²) in [5, 5.41) is 10.6. The van der Waals surface area contributed by atoms with Gasteiger partial charge >= 0.3 is 39.5 Å². The molecule has 0 saturated carbocycles. The van der Waals surface area contributed by atoms with Crippen molar-refractivity contribution in [1.29, 1.82) is 0 Å². The van der Waals surface area contributed by atoms with Crippen LogP contribution in [0, 0.1) is 0 Å². The Hall–Kier alpha value is -5.84. The van der Waals surface area contributed by atoms with E-state index in [0.29, 0.717) is 25.7 Å². The second-order valence-electron chi connectivity index (χ2n) is 25.9. The molecule has 0 rings (SSSR count). The number of hydrogen-bond acceptors (Lipinski definition) is 15. The maximum atomic E-state index is 13.1. The zero-order valence-electron chi connectivity index (χ0n) is 65.5. The van der Waals surface area contributed by atoms with E-state index in [1.807, 2.05) is 18.2 Å². The molecule has 0 aliphatic carbocycles. The van der Waals surface area contributed by atoms with Crippen LogP contribution in [0.5, 0.6) is 0 Å². The van der Waals surface area contributed by atoms with Gasteiger partial charge in [0.05, 0.1) is 32.8 Å². The Labute approximate surface area is 641 Å². The number of phosphoric ester groups is 2. The van der Waals surface area contributed by atoms with E-state index in [4.69, 9.17) is 37.0 Å². The highest BCUT2D eigenvalue weighted by atomic mass is 31.2. The van der Waals surface area contributed by atoms with Gasteiger partial charge in [0.1, 0.15) is 19.3 Å². The number of ether oxygens (including phenoxy) is 4. The highest BCUT2D eigenvalue weighted by Gasteiger charge is 2.30. The molecule has 5 atom stereocenters. The van der Waals surface area contributed by atoms with E-state index in [-0.39, 0.29) is 25.7 Å². The first kappa shape index (κ1) is 100.